The average Bonchev–Trinajstić information content (AvgIpc) is 3.11. The van der Waals surface area contributed by atoms with Gasteiger partial charge in [0.15, 0.2) is 6.61 Å². The topological polar surface area (TPSA) is 45.7 Å². The molecule has 5 nitrogen and oxygen atoms in total. The van der Waals surface area contributed by atoms with Crippen LogP contribution in [0, 0.1) is 6.92 Å². The second-order valence-electron chi connectivity index (χ2n) is 7.15. The summed E-state index contributed by atoms with van der Waals surface area (Å²) in [5.74, 6) is 1.32. The maximum atomic E-state index is 12.6. The van der Waals surface area contributed by atoms with E-state index >= 15 is 0 Å². The zero-order chi connectivity index (χ0) is 19.2. The first-order chi connectivity index (χ1) is 13.1. The van der Waals surface area contributed by atoms with E-state index in [2.05, 4.69) is 35.2 Å². The first-order valence-corrected chi connectivity index (χ1v) is 10.6. The molecule has 1 fully saturated rings. The van der Waals surface area contributed by atoms with E-state index in [9.17, 15) is 4.79 Å². The molecule has 1 unspecified atom stereocenters. The lowest BCUT2D eigenvalue weighted by molar-refractivity contribution is -0.135. The molecule has 27 heavy (non-hydrogen) atoms. The number of amides is 1. The summed E-state index contributed by atoms with van der Waals surface area (Å²) in [6, 6.07) is 8.04. The normalized spacial score (nSPS) is 16.3. The molecule has 0 N–H and O–H groups in total. The van der Waals surface area contributed by atoms with Gasteiger partial charge in [0.05, 0.1) is 10.7 Å². The van der Waals surface area contributed by atoms with Gasteiger partial charge in [-0.15, -0.1) is 11.3 Å². The molecule has 3 rings (SSSR count). The van der Waals surface area contributed by atoms with Crippen LogP contribution in [-0.4, -0.2) is 53.5 Å². The third kappa shape index (κ3) is 5.30. The Bertz CT molecular complexity index is 753. The van der Waals surface area contributed by atoms with Crippen LogP contribution in [0.5, 0.6) is 5.75 Å². The van der Waals surface area contributed by atoms with Crippen molar-refractivity contribution < 1.29 is 9.53 Å². The largest absolute Gasteiger partial charge is 0.483 e. The number of rotatable bonds is 7. The Balaban J connectivity index is 1.47. The van der Waals surface area contributed by atoms with Gasteiger partial charge in [-0.05, 0) is 30.9 Å². The van der Waals surface area contributed by atoms with Crippen LogP contribution in [0.1, 0.15) is 42.5 Å². The second-order valence-corrected chi connectivity index (χ2v) is 8.21. The Hall–Kier alpha value is -1.92. The third-order valence-corrected chi connectivity index (χ3v) is 6.01. The molecule has 2 aromatic rings. The minimum absolute atomic E-state index is 0.0677. The van der Waals surface area contributed by atoms with Crippen molar-refractivity contribution in [2.24, 2.45) is 0 Å². The lowest BCUT2D eigenvalue weighted by atomic mass is 9.98. The number of ether oxygens (including phenoxy) is 1. The van der Waals surface area contributed by atoms with E-state index in [1.165, 1.54) is 5.56 Å². The summed E-state index contributed by atoms with van der Waals surface area (Å²) in [6.07, 6.45) is 1.05. The zero-order valence-electron chi connectivity index (χ0n) is 16.5. The van der Waals surface area contributed by atoms with Crippen LogP contribution in [0.25, 0.3) is 0 Å². The molecule has 0 saturated carbocycles. The summed E-state index contributed by atoms with van der Waals surface area (Å²) in [6.45, 7) is 10.6. The molecule has 1 aromatic heterocycles. The van der Waals surface area contributed by atoms with E-state index in [1.54, 1.807) is 11.3 Å². The van der Waals surface area contributed by atoms with Gasteiger partial charge in [-0.1, -0.05) is 32.0 Å². The number of benzene rings is 1. The highest BCUT2D eigenvalue weighted by Gasteiger charge is 2.22. The van der Waals surface area contributed by atoms with E-state index < -0.39 is 0 Å². The molecule has 2 heterocycles. The molecular weight excluding hydrogens is 358 g/mol. The Morgan fingerprint density at radius 1 is 1.26 bits per heavy atom. The first-order valence-electron chi connectivity index (χ1n) is 9.69. The maximum Gasteiger partial charge on any atom is 0.260 e. The van der Waals surface area contributed by atoms with Crippen LogP contribution in [0.15, 0.2) is 29.6 Å². The molecule has 0 spiro atoms. The van der Waals surface area contributed by atoms with Gasteiger partial charge in [0.1, 0.15) is 5.75 Å². The van der Waals surface area contributed by atoms with Gasteiger partial charge in [0.25, 0.3) is 5.91 Å². The Morgan fingerprint density at radius 2 is 2.00 bits per heavy atom. The Labute approximate surface area is 166 Å². The number of aryl methyl sites for hydroxylation is 1. The number of carbonyl (C=O) groups excluding carboxylic acids is 1. The smallest absolute Gasteiger partial charge is 0.260 e. The SMILES string of the molecule is CCC(C)c1ccccc1OCC(=O)N1CCN(Cc2csc(C)n2)CC1. The van der Waals surface area contributed by atoms with E-state index in [0.29, 0.717) is 5.92 Å². The van der Waals surface area contributed by atoms with Crippen molar-refractivity contribution in [2.75, 3.05) is 32.8 Å². The molecule has 146 valence electrons. The molecule has 0 radical (unpaired) electrons. The standard InChI is InChI=1S/C21H29N3O2S/c1-4-16(2)19-7-5-6-8-20(19)26-14-21(25)24-11-9-23(10-12-24)13-18-15-27-17(3)22-18/h5-8,15-16H,4,9-14H2,1-3H3. The van der Waals surface area contributed by atoms with Crippen molar-refractivity contribution in [3.05, 3.63) is 45.9 Å². The van der Waals surface area contributed by atoms with Crippen LogP contribution in [-0.2, 0) is 11.3 Å². The lowest BCUT2D eigenvalue weighted by Crippen LogP contribution is -2.49. The van der Waals surface area contributed by atoms with E-state index in [0.717, 1.165) is 55.6 Å². The van der Waals surface area contributed by atoms with Crippen molar-refractivity contribution in [2.45, 2.75) is 39.7 Å². The summed E-state index contributed by atoms with van der Waals surface area (Å²) in [4.78, 5) is 21.4. The molecule has 0 aliphatic carbocycles. The van der Waals surface area contributed by atoms with E-state index in [1.807, 2.05) is 30.0 Å². The molecule has 1 amide bonds. The number of nitrogens with zero attached hydrogens (tertiary/aromatic N) is 3. The summed E-state index contributed by atoms with van der Waals surface area (Å²) < 4.78 is 5.89. The summed E-state index contributed by atoms with van der Waals surface area (Å²) in [5.41, 5.74) is 2.30. The highest BCUT2D eigenvalue weighted by Crippen LogP contribution is 2.28. The quantitative estimate of drug-likeness (QED) is 0.727. The number of thiazole rings is 1. The predicted molar refractivity (Wildman–Crippen MR) is 109 cm³/mol. The highest BCUT2D eigenvalue weighted by molar-refractivity contribution is 7.09. The number of hydrogen-bond donors (Lipinski definition) is 0. The van der Waals surface area contributed by atoms with Crippen molar-refractivity contribution >= 4 is 17.2 Å². The van der Waals surface area contributed by atoms with Crippen LogP contribution < -0.4 is 4.74 Å². The molecule has 1 aromatic carbocycles. The van der Waals surface area contributed by atoms with Crippen LogP contribution in [0.3, 0.4) is 0 Å². The van der Waals surface area contributed by atoms with Gasteiger partial charge >= 0.3 is 0 Å². The first kappa shape index (κ1) is 19.8. The van der Waals surface area contributed by atoms with Crippen molar-refractivity contribution in [1.82, 2.24) is 14.8 Å². The minimum atomic E-state index is 0.0677. The fourth-order valence-electron chi connectivity index (χ4n) is 3.34. The predicted octanol–water partition coefficient (Wildman–Crippen LogP) is 3.69. The fourth-order valence-corrected chi connectivity index (χ4v) is 3.94. The molecule has 1 atom stereocenters. The fraction of sp³-hybridized carbons (Fsp3) is 0.524. The lowest BCUT2D eigenvalue weighted by Gasteiger charge is -2.34. The summed E-state index contributed by atoms with van der Waals surface area (Å²) in [7, 11) is 0. The van der Waals surface area contributed by atoms with Gasteiger partial charge < -0.3 is 9.64 Å². The van der Waals surface area contributed by atoms with Gasteiger partial charge in [-0.3, -0.25) is 9.69 Å². The highest BCUT2D eigenvalue weighted by atomic mass is 32.1. The van der Waals surface area contributed by atoms with Gasteiger partial charge in [-0.2, -0.15) is 0 Å². The van der Waals surface area contributed by atoms with Crippen molar-refractivity contribution in [1.29, 1.82) is 0 Å². The molecule has 1 aliphatic rings. The van der Waals surface area contributed by atoms with Gasteiger partial charge in [0, 0.05) is 38.1 Å². The number of para-hydroxylation sites is 1. The number of carbonyl (C=O) groups is 1. The van der Waals surface area contributed by atoms with Crippen LogP contribution in [0.4, 0.5) is 0 Å². The molecule has 0 bridgehead atoms. The van der Waals surface area contributed by atoms with Gasteiger partial charge in [0.2, 0.25) is 0 Å². The Kier molecular flexibility index (Phi) is 6.85. The zero-order valence-corrected chi connectivity index (χ0v) is 17.3. The van der Waals surface area contributed by atoms with Gasteiger partial charge in [-0.25, -0.2) is 4.98 Å². The van der Waals surface area contributed by atoms with Crippen LogP contribution in [0.2, 0.25) is 0 Å². The van der Waals surface area contributed by atoms with E-state index in [4.69, 9.17) is 4.74 Å². The van der Waals surface area contributed by atoms with Crippen LogP contribution >= 0.6 is 11.3 Å². The number of aromatic nitrogens is 1. The average molecular weight is 388 g/mol. The molecule has 6 heteroatoms. The molecule has 1 aliphatic heterocycles. The second kappa shape index (κ2) is 9.33. The summed E-state index contributed by atoms with van der Waals surface area (Å²) >= 11 is 1.69. The monoisotopic (exact) mass is 387 g/mol. The number of piperazine rings is 1. The molecule has 1 saturated heterocycles. The minimum Gasteiger partial charge on any atom is -0.483 e. The Morgan fingerprint density at radius 3 is 2.67 bits per heavy atom. The molecular formula is C21H29N3O2S. The van der Waals surface area contributed by atoms with E-state index in [-0.39, 0.29) is 12.5 Å². The van der Waals surface area contributed by atoms with Crippen molar-refractivity contribution in [3.8, 4) is 5.75 Å². The number of hydrogen-bond acceptors (Lipinski definition) is 5. The maximum absolute atomic E-state index is 12.6. The summed E-state index contributed by atoms with van der Waals surface area (Å²) in [5, 5.41) is 3.23. The third-order valence-electron chi connectivity index (χ3n) is 5.19. The van der Waals surface area contributed by atoms with Crippen molar-refractivity contribution in [3.63, 3.8) is 0 Å².